The van der Waals surface area contributed by atoms with Gasteiger partial charge in [-0.25, -0.2) is 0 Å². The van der Waals surface area contributed by atoms with E-state index in [4.69, 9.17) is 5.73 Å². The van der Waals surface area contributed by atoms with Gasteiger partial charge in [0.05, 0.1) is 6.04 Å². The number of carbonyl (C=O) groups excluding carboxylic acids is 1. The van der Waals surface area contributed by atoms with E-state index in [0.717, 1.165) is 10.0 Å². The summed E-state index contributed by atoms with van der Waals surface area (Å²) in [4.78, 5) is 11.8. The summed E-state index contributed by atoms with van der Waals surface area (Å²) in [5, 5.41) is 3.00. The fourth-order valence-corrected chi connectivity index (χ4v) is 2.27. The molecule has 1 aromatic rings. The van der Waals surface area contributed by atoms with Crippen LogP contribution in [0.5, 0.6) is 0 Å². The maximum Gasteiger partial charge on any atom is 0.223 e. The van der Waals surface area contributed by atoms with E-state index in [2.05, 4.69) is 21.2 Å². The number of nitrogens with two attached hydrogens (primary N) is 1. The second kappa shape index (κ2) is 6.77. The molecule has 0 fully saturated rings. The Morgan fingerprint density at radius 3 is 2.65 bits per heavy atom. The van der Waals surface area contributed by atoms with Crippen molar-refractivity contribution < 1.29 is 4.79 Å². The summed E-state index contributed by atoms with van der Waals surface area (Å²) in [6.45, 7) is 4.42. The Hall–Kier alpha value is -0.870. The Bertz CT molecular complexity index is 381. The van der Waals surface area contributed by atoms with Gasteiger partial charge in [-0.2, -0.15) is 0 Å². The van der Waals surface area contributed by atoms with E-state index < -0.39 is 0 Å². The van der Waals surface area contributed by atoms with Gasteiger partial charge < -0.3 is 11.1 Å². The molecule has 1 rings (SSSR count). The zero-order chi connectivity index (χ0) is 12.8. The van der Waals surface area contributed by atoms with Crippen LogP contribution in [-0.4, -0.2) is 12.5 Å². The molecule has 0 radical (unpaired) electrons. The highest BCUT2D eigenvalue weighted by Crippen LogP contribution is 2.23. The quantitative estimate of drug-likeness (QED) is 0.878. The number of hydrogen-bond acceptors (Lipinski definition) is 2. The van der Waals surface area contributed by atoms with E-state index in [1.807, 2.05) is 38.1 Å². The maximum absolute atomic E-state index is 11.8. The summed E-state index contributed by atoms with van der Waals surface area (Å²) in [6, 6.07) is 7.90. The Morgan fingerprint density at radius 1 is 1.41 bits per heavy atom. The topological polar surface area (TPSA) is 55.1 Å². The van der Waals surface area contributed by atoms with Crippen LogP contribution in [0.1, 0.15) is 31.9 Å². The van der Waals surface area contributed by atoms with Crippen molar-refractivity contribution in [2.24, 2.45) is 11.7 Å². The number of hydrogen-bond donors (Lipinski definition) is 2. The van der Waals surface area contributed by atoms with E-state index in [-0.39, 0.29) is 17.9 Å². The molecular weight excluding hydrogens is 280 g/mol. The molecule has 0 aliphatic heterocycles. The molecule has 0 aromatic heterocycles. The normalized spacial score (nSPS) is 14.1. The molecule has 94 valence electrons. The predicted molar refractivity (Wildman–Crippen MR) is 73.5 cm³/mol. The summed E-state index contributed by atoms with van der Waals surface area (Å²) >= 11 is 3.48. The van der Waals surface area contributed by atoms with E-state index in [1.54, 1.807) is 0 Å². The van der Waals surface area contributed by atoms with E-state index in [0.29, 0.717) is 13.0 Å². The van der Waals surface area contributed by atoms with Crippen LogP contribution in [0, 0.1) is 5.92 Å². The summed E-state index contributed by atoms with van der Waals surface area (Å²) in [7, 11) is 0. The van der Waals surface area contributed by atoms with Crippen molar-refractivity contribution in [2.75, 3.05) is 6.54 Å². The first-order valence-electron chi connectivity index (χ1n) is 5.81. The molecule has 17 heavy (non-hydrogen) atoms. The summed E-state index contributed by atoms with van der Waals surface area (Å²) in [5.41, 5.74) is 6.53. The molecule has 0 saturated heterocycles. The third-order valence-electron chi connectivity index (χ3n) is 2.78. The van der Waals surface area contributed by atoms with Crippen LogP contribution in [0.4, 0.5) is 0 Å². The number of amides is 1. The molecule has 4 heteroatoms. The van der Waals surface area contributed by atoms with Crippen LogP contribution in [-0.2, 0) is 4.79 Å². The average Bonchev–Trinajstić information content (AvgIpc) is 2.29. The standard InChI is InChI=1S/C13H19BrN2O/c1-9(7-8-15)13(17)16-10(2)11-5-3-4-6-12(11)14/h3-6,9-10H,7-8,15H2,1-2H3,(H,16,17)/t9?,10-/m0/s1. The zero-order valence-corrected chi connectivity index (χ0v) is 11.8. The van der Waals surface area contributed by atoms with Crippen molar-refractivity contribution >= 4 is 21.8 Å². The Balaban J connectivity index is 2.63. The molecule has 3 nitrogen and oxygen atoms in total. The summed E-state index contributed by atoms with van der Waals surface area (Å²) in [5.74, 6) is 0.0173. The Kier molecular flexibility index (Phi) is 5.65. The van der Waals surface area contributed by atoms with Crippen molar-refractivity contribution in [2.45, 2.75) is 26.3 Å². The van der Waals surface area contributed by atoms with Crippen molar-refractivity contribution in [1.82, 2.24) is 5.32 Å². The van der Waals surface area contributed by atoms with Crippen LogP contribution in [0.25, 0.3) is 0 Å². The third kappa shape index (κ3) is 4.13. The van der Waals surface area contributed by atoms with E-state index >= 15 is 0 Å². The Labute approximate surface area is 111 Å². The summed E-state index contributed by atoms with van der Waals surface area (Å²) in [6.07, 6.45) is 0.717. The number of carbonyl (C=O) groups is 1. The van der Waals surface area contributed by atoms with Crippen LogP contribution in [0.3, 0.4) is 0 Å². The molecule has 1 aromatic carbocycles. The summed E-state index contributed by atoms with van der Waals surface area (Å²) < 4.78 is 1.01. The lowest BCUT2D eigenvalue weighted by molar-refractivity contribution is -0.125. The molecule has 2 atom stereocenters. The lowest BCUT2D eigenvalue weighted by Crippen LogP contribution is -2.32. The van der Waals surface area contributed by atoms with Gasteiger partial charge in [0.15, 0.2) is 0 Å². The number of halogens is 1. The zero-order valence-electron chi connectivity index (χ0n) is 10.2. The minimum Gasteiger partial charge on any atom is -0.349 e. The van der Waals surface area contributed by atoms with Crippen molar-refractivity contribution in [3.8, 4) is 0 Å². The van der Waals surface area contributed by atoms with Gasteiger partial charge in [-0.1, -0.05) is 41.1 Å². The first-order valence-corrected chi connectivity index (χ1v) is 6.60. The fraction of sp³-hybridized carbons (Fsp3) is 0.462. The molecule has 0 bridgehead atoms. The highest BCUT2D eigenvalue weighted by atomic mass is 79.9. The molecule has 0 aliphatic carbocycles. The second-order valence-corrected chi connectivity index (χ2v) is 5.08. The Morgan fingerprint density at radius 2 is 2.06 bits per heavy atom. The van der Waals surface area contributed by atoms with Crippen molar-refractivity contribution in [3.63, 3.8) is 0 Å². The lowest BCUT2D eigenvalue weighted by atomic mass is 10.0. The molecule has 1 amide bonds. The predicted octanol–water partition coefficient (Wildman–Crippen LogP) is 2.61. The first-order chi connectivity index (χ1) is 8.06. The fourth-order valence-electron chi connectivity index (χ4n) is 1.64. The van der Waals surface area contributed by atoms with Crippen molar-refractivity contribution in [1.29, 1.82) is 0 Å². The minimum atomic E-state index is -0.0371. The van der Waals surface area contributed by atoms with Crippen LogP contribution < -0.4 is 11.1 Å². The third-order valence-corrected chi connectivity index (χ3v) is 3.50. The number of nitrogens with one attached hydrogen (secondary N) is 1. The highest BCUT2D eigenvalue weighted by Gasteiger charge is 2.16. The lowest BCUT2D eigenvalue weighted by Gasteiger charge is -2.18. The van der Waals surface area contributed by atoms with Crippen LogP contribution >= 0.6 is 15.9 Å². The molecule has 0 aliphatic rings. The minimum absolute atomic E-state index is 0.00157. The van der Waals surface area contributed by atoms with Gasteiger partial charge in [-0.15, -0.1) is 0 Å². The monoisotopic (exact) mass is 298 g/mol. The van der Waals surface area contributed by atoms with Gasteiger partial charge in [0.1, 0.15) is 0 Å². The van der Waals surface area contributed by atoms with Crippen molar-refractivity contribution in [3.05, 3.63) is 34.3 Å². The second-order valence-electron chi connectivity index (χ2n) is 4.23. The smallest absolute Gasteiger partial charge is 0.223 e. The highest BCUT2D eigenvalue weighted by molar-refractivity contribution is 9.10. The molecule has 0 spiro atoms. The molecule has 1 unspecified atom stereocenters. The maximum atomic E-state index is 11.8. The average molecular weight is 299 g/mol. The van der Waals surface area contributed by atoms with Gasteiger partial charge in [-0.3, -0.25) is 4.79 Å². The van der Waals surface area contributed by atoms with Crippen LogP contribution in [0.15, 0.2) is 28.7 Å². The molecular formula is C13H19BrN2O. The van der Waals surface area contributed by atoms with Gasteiger partial charge in [-0.05, 0) is 31.5 Å². The van der Waals surface area contributed by atoms with E-state index in [1.165, 1.54) is 0 Å². The van der Waals surface area contributed by atoms with Gasteiger partial charge in [0.2, 0.25) is 5.91 Å². The van der Waals surface area contributed by atoms with Crippen LogP contribution in [0.2, 0.25) is 0 Å². The van der Waals surface area contributed by atoms with Gasteiger partial charge >= 0.3 is 0 Å². The van der Waals surface area contributed by atoms with Gasteiger partial charge in [0, 0.05) is 10.4 Å². The van der Waals surface area contributed by atoms with Gasteiger partial charge in [0.25, 0.3) is 0 Å². The van der Waals surface area contributed by atoms with E-state index in [9.17, 15) is 4.79 Å². The molecule has 0 saturated carbocycles. The number of benzene rings is 1. The SMILES string of the molecule is CC(CCN)C(=O)N[C@@H](C)c1ccccc1Br. The molecule has 0 heterocycles. The largest absolute Gasteiger partial charge is 0.349 e. The number of rotatable bonds is 5. The first kappa shape index (κ1) is 14.2. The molecule has 3 N–H and O–H groups in total.